The maximum atomic E-state index is 11.0. The lowest BCUT2D eigenvalue weighted by Gasteiger charge is -2.24. The molecule has 0 amide bonds. The lowest BCUT2D eigenvalue weighted by Crippen LogP contribution is -2.35. The lowest BCUT2D eigenvalue weighted by molar-refractivity contribution is -0.385. The monoisotopic (exact) mass is 354 g/mol. The molecule has 1 unspecified atom stereocenters. The Hall–Kier alpha value is -0.940. The van der Waals surface area contributed by atoms with Crippen LogP contribution in [0.4, 0.5) is 5.69 Å². The van der Waals surface area contributed by atoms with Crippen molar-refractivity contribution in [3.8, 4) is 0 Å². The van der Waals surface area contributed by atoms with Crippen LogP contribution < -0.4 is 5.32 Å². The Morgan fingerprint density at radius 1 is 1.43 bits per heavy atom. The third-order valence-electron chi connectivity index (χ3n) is 4.41. The zero-order valence-corrected chi connectivity index (χ0v) is 14.1. The first kappa shape index (κ1) is 16.4. The average molecular weight is 355 g/mol. The summed E-state index contributed by atoms with van der Waals surface area (Å²) in [6, 6.07) is 5.83. The number of benzene rings is 1. The van der Waals surface area contributed by atoms with E-state index in [1.54, 1.807) is 12.1 Å². The number of aryl methyl sites for hydroxylation is 1. The van der Waals surface area contributed by atoms with Gasteiger partial charge in [-0.15, -0.1) is 0 Å². The average Bonchev–Trinajstić information content (AvgIpc) is 2.98. The maximum Gasteiger partial charge on any atom is 0.283 e. The van der Waals surface area contributed by atoms with Crippen LogP contribution >= 0.6 is 15.9 Å². The zero-order chi connectivity index (χ0) is 15.2. The summed E-state index contributed by atoms with van der Waals surface area (Å²) in [5, 5.41) is 14.6. The Bertz CT molecular complexity index is 487. The van der Waals surface area contributed by atoms with Gasteiger partial charge in [0.05, 0.1) is 9.40 Å². The van der Waals surface area contributed by atoms with Gasteiger partial charge in [0.15, 0.2) is 0 Å². The Morgan fingerprint density at radius 3 is 2.76 bits per heavy atom. The molecule has 5 heteroatoms. The second kappa shape index (κ2) is 7.90. The first-order chi connectivity index (χ1) is 10.1. The molecule has 1 saturated carbocycles. The van der Waals surface area contributed by atoms with Gasteiger partial charge in [0.1, 0.15) is 0 Å². The van der Waals surface area contributed by atoms with Crippen LogP contribution in [-0.4, -0.2) is 17.5 Å². The molecular formula is C16H23BrN2O2. The molecule has 0 heterocycles. The number of nitro groups is 1. The Labute approximate surface area is 134 Å². The third-order valence-corrected chi connectivity index (χ3v) is 5.33. The topological polar surface area (TPSA) is 55.2 Å². The lowest BCUT2D eigenvalue weighted by atomic mass is 9.92. The molecule has 1 N–H and O–H groups in total. The molecule has 0 bridgehead atoms. The molecule has 1 aromatic rings. The predicted molar refractivity (Wildman–Crippen MR) is 88.5 cm³/mol. The van der Waals surface area contributed by atoms with Gasteiger partial charge in [0, 0.05) is 12.1 Å². The number of hydrogen-bond acceptors (Lipinski definition) is 3. The van der Waals surface area contributed by atoms with E-state index in [0.29, 0.717) is 10.5 Å². The number of nitrogens with one attached hydrogen (secondary N) is 1. The zero-order valence-electron chi connectivity index (χ0n) is 12.5. The minimum atomic E-state index is -0.327. The van der Waals surface area contributed by atoms with Gasteiger partial charge in [-0.1, -0.05) is 31.9 Å². The highest BCUT2D eigenvalue weighted by atomic mass is 79.9. The molecule has 21 heavy (non-hydrogen) atoms. The van der Waals surface area contributed by atoms with Crippen molar-refractivity contribution in [3.63, 3.8) is 0 Å². The second-order valence-electron chi connectivity index (χ2n) is 5.75. The Morgan fingerprint density at radius 2 is 2.14 bits per heavy atom. The molecule has 2 rings (SSSR count). The van der Waals surface area contributed by atoms with Crippen LogP contribution in [-0.2, 0) is 6.42 Å². The van der Waals surface area contributed by atoms with E-state index < -0.39 is 0 Å². The van der Waals surface area contributed by atoms with Crippen LogP contribution in [0.25, 0.3) is 0 Å². The van der Waals surface area contributed by atoms with E-state index in [-0.39, 0.29) is 10.6 Å². The molecule has 1 atom stereocenters. The van der Waals surface area contributed by atoms with Gasteiger partial charge in [-0.2, -0.15) is 0 Å². The van der Waals surface area contributed by atoms with E-state index in [0.717, 1.165) is 30.9 Å². The van der Waals surface area contributed by atoms with Crippen molar-refractivity contribution in [2.75, 3.05) is 6.54 Å². The van der Waals surface area contributed by atoms with E-state index >= 15 is 0 Å². The molecule has 1 fully saturated rings. The summed E-state index contributed by atoms with van der Waals surface area (Å²) in [6.45, 7) is 3.13. The van der Waals surface area contributed by atoms with E-state index in [9.17, 15) is 10.1 Å². The normalized spacial score (nSPS) is 17.0. The van der Waals surface area contributed by atoms with Gasteiger partial charge in [-0.05, 0) is 59.6 Å². The Kier molecular flexibility index (Phi) is 6.18. The highest BCUT2D eigenvalue weighted by Crippen LogP contribution is 2.32. The largest absolute Gasteiger partial charge is 0.314 e. The van der Waals surface area contributed by atoms with Gasteiger partial charge in [0.2, 0.25) is 0 Å². The van der Waals surface area contributed by atoms with Crippen molar-refractivity contribution < 1.29 is 4.92 Å². The van der Waals surface area contributed by atoms with Gasteiger partial charge in [-0.3, -0.25) is 10.1 Å². The van der Waals surface area contributed by atoms with Gasteiger partial charge in [-0.25, -0.2) is 0 Å². The molecule has 0 aromatic heterocycles. The van der Waals surface area contributed by atoms with Crippen LogP contribution in [0.15, 0.2) is 22.7 Å². The van der Waals surface area contributed by atoms with Crippen LogP contribution in [0.5, 0.6) is 0 Å². The molecule has 0 spiro atoms. The molecule has 0 radical (unpaired) electrons. The highest BCUT2D eigenvalue weighted by molar-refractivity contribution is 9.10. The first-order valence-corrected chi connectivity index (χ1v) is 8.58. The minimum absolute atomic E-state index is 0.161. The smallest absolute Gasteiger partial charge is 0.283 e. The van der Waals surface area contributed by atoms with Gasteiger partial charge >= 0.3 is 0 Å². The fraction of sp³-hybridized carbons (Fsp3) is 0.625. The first-order valence-electron chi connectivity index (χ1n) is 7.78. The van der Waals surface area contributed by atoms with E-state index in [1.165, 1.54) is 25.7 Å². The van der Waals surface area contributed by atoms with Crippen molar-refractivity contribution in [1.82, 2.24) is 5.32 Å². The van der Waals surface area contributed by atoms with E-state index in [1.807, 2.05) is 6.07 Å². The number of nitro benzene ring substituents is 1. The number of hydrogen-bond donors (Lipinski definition) is 1. The summed E-state index contributed by atoms with van der Waals surface area (Å²) in [5.74, 6) is 0.766. The maximum absolute atomic E-state index is 11.0. The van der Waals surface area contributed by atoms with Gasteiger partial charge in [0.25, 0.3) is 5.69 Å². The second-order valence-corrected chi connectivity index (χ2v) is 6.55. The summed E-state index contributed by atoms with van der Waals surface area (Å²) in [4.78, 5) is 10.7. The molecule has 4 nitrogen and oxygen atoms in total. The standard InChI is InChI=1S/C16H23BrN2O2/c1-2-18-14(12-6-3-4-7-12)11-10-13-8-5-9-15(16(13)17)19(20)21/h5,8-9,12,14,18H,2-4,6-7,10-11H2,1H3. The molecule has 1 aliphatic carbocycles. The molecule has 0 saturated heterocycles. The molecule has 1 aliphatic rings. The molecular weight excluding hydrogens is 332 g/mol. The summed E-state index contributed by atoms with van der Waals surface area (Å²) in [6.07, 6.45) is 7.22. The quantitative estimate of drug-likeness (QED) is 0.580. The van der Waals surface area contributed by atoms with E-state index in [4.69, 9.17) is 0 Å². The SMILES string of the molecule is CCNC(CCc1cccc([N+](=O)[O-])c1Br)C1CCCC1. The minimum Gasteiger partial charge on any atom is -0.314 e. The van der Waals surface area contributed by atoms with Crippen molar-refractivity contribution in [2.24, 2.45) is 5.92 Å². The number of rotatable bonds is 7. The van der Waals surface area contributed by atoms with Crippen LogP contribution in [0.3, 0.4) is 0 Å². The van der Waals surface area contributed by atoms with Crippen LogP contribution in [0.2, 0.25) is 0 Å². The summed E-state index contributed by atoms with van der Waals surface area (Å²) in [5.41, 5.74) is 1.19. The molecule has 0 aliphatic heterocycles. The van der Waals surface area contributed by atoms with Crippen molar-refractivity contribution >= 4 is 21.6 Å². The van der Waals surface area contributed by atoms with Crippen molar-refractivity contribution in [2.45, 2.75) is 51.5 Å². The predicted octanol–water partition coefficient (Wildman–Crippen LogP) is 4.46. The number of nitrogens with zero attached hydrogens (tertiary/aromatic N) is 1. The van der Waals surface area contributed by atoms with E-state index in [2.05, 4.69) is 28.2 Å². The summed E-state index contributed by atoms with van der Waals surface area (Å²) >= 11 is 3.39. The fourth-order valence-electron chi connectivity index (χ4n) is 3.34. The van der Waals surface area contributed by atoms with Crippen LogP contribution in [0, 0.1) is 16.0 Å². The summed E-state index contributed by atoms with van der Waals surface area (Å²) < 4.78 is 0.636. The summed E-state index contributed by atoms with van der Waals surface area (Å²) in [7, 11) is 0. The fourth-order valence-corrected chi connectivity index (χ4v) is 3.95. The number of halogens is 1. The third kappa shape index (κ3) is 4.27. The Balaban J connectivity index is 2.03. The molecule has 1 aromatic carbocycles. The van der Waals surface area contributed by atoms with Crippen molar-refractivity contribution in [3.05, 3.63) is 38.3 Å². The van der Waals surface area contributed by atoms with Crippen molar-refractivity contribution in [1.29, 1.82) is 0 Å². The van der Waals surface area contributed by atoms with Gasteiger partial charge < -0.3 is 5.32 Å². The highest BCUT2D eigenvalue weighted by Gasteiger charge is 2.24. The molecule has 116 valence electrons. The van der Waals surface area contributed by atoms with Crippen LogP contribution in [0.1, 0.15) is 44.6 Å².